The van der Waals surface area contributed by atoms with Crippen molar-refractivity contribution in [1.29, 1.82) is 0 Å². The highest BCUT2D eigenvalue weighted by atomic mass is 16.6. The van der Waals surface area contributed by atoms with Gasteiger partial charge in [-0.25, -0.2) is 0 Å². The van der Waals surface area contributed by atoms with Gasteiger partial charge < -0.3 is 9.84 Å². The van der Waals surface area contributed by atoms with Crippen molar-refractivity contribution in [3.8, 4) is 5.75 Å². The van der Waals surface area contributed by atoms with Crippen molar-refractivity contribution in [2.24, 2.45) is 0 Å². The highest BCUT2D eigenvalue weighted by Gasteiger charge is 2.31. The maximum Gasteiger partial charge on any atom is 0.320 e. The Balaban J connectivity index is 2.28. The molecular formula is C15H20N2O5. The van der Waals surface area contributed by atoms with E-state index < -0.39 is 16.9 Å². The first-order valence-corrected chi connectivity index (χ1v) is 7.29. The molecule has 7 heteroatoms. The molecule has 2 rings (SSSR count). The summed E-state index contributed by atoms with van der Waals surface area (Å²) < 4.78 is 5.69. The van der Waals surface area contributed by atoms with Crippen LogP contribution in [0, 0.1) is 10.1 Å². The summed E-state index contributed by atoms with van der Waals surface area (Å²) in [5, 5.41) is 20.2. The molecule has 1 aliphatic rings. The Morgan fingerprint density at radius 3 is 2.86 bits per heavy atom. The van der Waals surface area contributed by atoms with Crippen LogP contribution in [-0.2, 0) is 11.3 Å². The first-order chi connectivity index (χ1) is 10.4. The normalized spacial score (nSPS) is 18.6. The summed E-state index contributed by atoms with van der Waals surface area (Å²) in [5.41, 5.74) is 0.633. The molecule has 1 N–H and O–H groups in total. The molecule has 120 valence electrons. The summed E-state index contributed by atoms with van der Waals surface area (Å²) in [7, 11) is 0. The number of nitro benzene ring substituents is 1. The fourth-order valence-electron chi connectivity index (χ4n) is 2.69. The molecule has 1 fully saturated rings. The average Bonchev–Trinajstić information content (AvgIpc) is 2.88. The quantitative estimate of drug-likeness (QED) is 0.641. The van der Waals surface area contributed by atoms with Crippen LogP contribution in [0.3, 0.4) is 0 Å². The maximum atomic E-state index is 11.3. The van der Waals surface area contributed by atoms with Crippen LogP contribution in [0.5, 0.6) is 5.75 Å². The van der Waals surface area contributed by atoms with E-state index in [1.807, 2.05) is 18.7 Å². The van der Waals surface area contributed by atoms with Gasteiger partial charge in [0.25, 0.3) is 5.69 Å². The first-order valence-electron chi connectivity index (χ1n) is 7.29. The van der Waals surface area contributed by atoms with E-state index in [4.69, 9.17) is 4.74 Å². The third kappa shape index (κ3) is 3.73. The monoisotopic (exact) mass is 308 g/mol. The number of nitrogens with zero attached hydrogens (tertiary/aromatic N) is 2. The Labute approximate surface area is 128 Å². The number of likely N-dealkylation sites (tertiary alicyclic amines) is 1. The smallest absolute Gasteiger partial charge is 0.320 e. The van der Waals surface area contributed by atoms with Gasteiger partial charge in [-0.1, -0.05) is 0 Å². The van der Waals surface area contributed by atoms with Crippen LogP contribution in [0.15, 0.2) is 18.2 Å². The van der Waals surface area contributed by atoms with Gasteiger partial charge in [0.05, 0.1) is 11.0 Å². The van der Waals surface area contributed by atoms with Gasteiger partial charge in [0.15, 0.2) is 0 Å². The highest BCUT2D eigenvalue weighted by molar-refractivity contribution is 5.73. The summed E-state index contributed by atoms with van der Waals surface area (Å²) in [5.74, 6) is -0.286. The average molecular weight is 308 g/mol. The van der Waals surface area contributed by atoms with E-state index in [0.717, 1.165) is 6.42 Å². The number of carboxylic acid groups (broad SMARTS) is 1. The van der Waals surface area contributed by atoms with Crippen molar-refractivity contribution in [2.75, 3.05) is 6.54 Å². The minimum Gasteiger partial charge on any atom is -0.491 e. The number of non-ortho nitro benzene ring substituents is 1. The Kier molecular flexibility index (Phi) is 4.97. The molecular weight excluding hydrogens is 288 g/mol. The van der Waals surface area contributed by atoms with E-state index in [0.29, 0.717) is 30.8 Å². The van der Waals surface area contributed by atoms with Gasteiger partial charge in [0, 0.05) is 24.2 Å². The number of hydrogen-bond acceptors (Lipinski definition) is 5. The number of ether oxygens (including phenoxy) is 1. The van der Waals surface area contributed by atoms with E-state index in [1.165, 1.54) is 12.1 Å². The second-order valence-electron chi connectivity index (χ2n) is 5.68. The Hall–Kier alpha value is -2.15. The molecule has 22 heavy (non-hydrogen) atoms. The topological polar surface area (TPSA) is 92.9 Å². The van der Waals surface area contributed by atoms with Crippen LogP contribution >= 0.6 is 0 Å². The lowest BCUT2D eigenvalue weighted by Crippen LogP contribution is -2.35. The summed E-state index contributed by atoms with van der Waals surface area (Å²) >= 11 is 0. The zero-order valence-corrected chi connectivity index (χ0v) is 12.7. The van der Waals surface area contributed by atoms with Gasteiger partial charge >= 0.3 is 5.97 Å². The fraction of sp³-hybridized carbons (Fsp3) is 0.533. The molecule has 0 amide bonds. The Bertz CT molecular complexity index is 573. The van der Waals surface area contributed by atoms with Gasteiger partial charge in [-0.15, -0.1) is 0 Å². The molecule has 0 bridgehead atoms. The van der Waals surface area contributed by atoms with Gasteiger partial charge in [0.2, 0.25) is 0 Å². The van der Waals surface area contributed by atoms with Crippen LogP contribution in [0.4, 0.5) is 5.69 Å². The van der Waals surface area contributed by atoms with Crippen molar-refractivity contribution in [3.63, 3.8) is 0 Å². The second kappa shape index (κ2) is 6.74. The third-order valence-corrected chi connectivity index (χ3v) is 3.64. The van der Waals surface area contributed by atoms with E-state index in [9.17, 15) is 20.0 Å². The van der Waals surface area contributed by atoms with Crippen LogP contribution in [-0.4, -0.2) is 39.6 Å². The molecule has 1 saturated heterocycles. The third-order valence-electron chi connectivity index (χ3n) is 3.64. The highest BCUT2D eigenvalue weighted by Crippen LogP contribution is 2.29. The first kappa shape index (κ1) is 16.2. The molecule has 1 aliphatic heterocycles. The van der Waals surface area contributed by atoms with Crippen LogP contribution in [0.1, 0.15) is 32.3 Å². The molecule has 0 spiro atoms. The van der Waals surface area contributed by atoms with Crippen LogP contribution < -0.4 is 4.74 Å². The maximum absolute atomic E-state index is 11.3. The summed E-state index contributed by atoms with van der Waals surface area (Å²) in [4.78, 5) is 23.6. The summed E-state index contributed by atoms with van der Waals surface area (Å²) in [6.45, 7) is 4.75. The standard InChI is InChI=1S/C15H20N2O5/c1-10(2)22-14-6-5-12(17(20)21)8-11(14)9-16-7-3-4-13(16)15(18)19/h5-6,8,10,13H,3-4,7,9H2,1-2H3,(H,18,19). The van der Waals surface area contributed by atoms with Crippen molar-refractivity contribution >= 4 is 11.7 Å². The fourth-order valence-corrected chi connectivity index (χ4v) is 2.69. The van der Waals surface area contributed by atoms with Crippen molar-refractivity contribution in [3.05, 3.63) is 33.9 Å². The minimum absolute atomic E-state index is 0.0165. The summed E-state index contributed by atoms with van der Waals surface area (Å²) in [6, 6.07) is 3.92. The number of hydrogen-bond donors (Lipinski definition) is 1. The molecule has 7 nitrogen and oxygen atoms in total. The number of carbonyl (C=O) groups is 1. The number of benzene rings is 1. The lowest BCUT2D eigenvalue weighted by Gasteiger charge is -2.23. The zero-order valence-electron chi connectivity index (χ0n) is 12.7. The molecule has 0 saturated carbocycles. The Morgan fingerprint density at radius 1 is 1.55 bits per heavy atom. The molecule has 0 aliphatic carbocycles. The number of aliphatic carboxylic acids is 1. The minimum atomic E-state index is -0.853. The van der Waals surface area contributed by atoms with Crippen LogP contribution in [0.2, 0.25) is 0 Å². The van der Waals surface area contributed by atoms with Gasteiger partial charge in [0.1, 0.15) is 11.8 Å². The largest absolute Gasteiger partial charge is 0.491 e. The summed E-state index contributed by atoms with van der Waals surface area (Å²) in [6.07, 6.45) is 1.35. The van der Waals surface area contributed by atoms with Gasteiger partial charge in [-0.2, -0.15) is 0 Å². The number of rotatable bonds is 6. The predicted molar refractivity (Wildman–Crippen MR) is 79.9 cm³/mol. The van der Waals surface area contributed by atoms with E-state index in [-0.39, 0.29) is 11.8 Å². The molecule has 1 aromatic carbocycles. The Morgan fingerprint density at radius 2 is 2.27 bits per heavy atom. The van der Waals surface area contributed by atoms with Crippen molar-refractivity contribution < 1.29 is 19.6 Å². The van der Waals surface area contributed by atoms with Gasteiger partial charge in [-0.05, 0) is 39.3 Å². The predicted octanol–water partition coefficient (Wildman–Crippen LogP) is 2.43. The lowest BCUT2D eigenvalue weighted by atomic mass is 10.1. The lowest BCUT2D eigenvalue weighted by molar-refractivity contribution is -0.385. The van der Waals surface area contributed by atoms with Crippen molar-refractivity contribution in [1.82, 2.24) is 4.90 Å². The second-order valence-corrected chi connectivity index (χ2v) is 5.68. The number of nitro groups is 1. The molecule has 1 heterocycles. The molecule has 0 aromatic heterocycles. The van der Waals surface area contributed by atoms with E-state index in [1.54, 1.807) is 6.07 Å². The SMILES string of the molecule is CC(C)Oc1ccc([N+](=O)[O-])cc1CN1CCCC1C(=O)O. The molecule has 0 radical (unpaired) electrons. The van der Waals surface area contributed by atoms with E-state index >= 15 is 0 Å². The zero-order chi connectivity index (χ0) is 16.3. The number of carboxylic acids is 1. The molecule has 1 unspecified atom stereocenters. The van der Waals surface area contributed by atoms with Gasteiger partial charge in [-0.3, -0.25) is 19.8 Å². The molecule has 1 aromatic rings. The van der Waals surface area contributed by atoms with Crippen molar-refractivity contribution in [2.45, 2.75) is 45.4 Å². The molecule has 1 atom stereocenters. The van der Waals surface area contributed by atoms with Crippen LogP contribution in [0.25, 0.3) is 0 Å². The van der Waals surface area contributed by atoms with E-state index in [2.05, 4.69) is 0 Å².